The molecule has 3 fully saturated rings. The first kappa shape index (κ1) is 20.9. The van der Waals surface area contributed by atoms with Crippen LogP contribution in [0.25, 0.3) is 0 Å². The molecule has 0 unspecified atom stereocenters. The molecule has 3 aliphatic rings. The molecule has 0 bridgehead atoms. The lowest BCUT2D eigenvalue weighted by Crippen LogP contribution is -2.35. The molecule has 5 rings (SSSR count). The number of anilines is 1. The predicted octanol–water partition coefficient (Wildman–Crippen LogP) is 4.77. The van der Waals surface area contributed by atoms with Gasteiger partial charge in [-0.15, -0.1) is 10.2 Å². The van der Waals surface area contributed by atoms with Gasteiger partial charge in [0.25, 0.3) is 5.91 Å². The van der Waals surface area contributed by atoms with E-state index in [9.17, 15) is 4.79 Å². The van der Waals surface area contributed by atoms with Crippen molar-refractivity contribution in [1.29, 1.82) is 0 Å². The van der Waals surface area contributed by atoms with Crippen LogP contribution in [0.15, 0.2) is 29.4 Å². The molecule has 1 aromatic carbocycles. The largest absolute Gasteiger partial charge is 0.341 e. The Morgan fingerprint density at radius 1 is 1.03 bits per heavy atom. The molecular formula is C24H33N5OS. The number of aromatic nitrogens is 3. The van der Waals surface area contributed by atoms with Crippen molar-refractivity contribution in [2.24, 2.45) is 5.92 Å². The van der Waals surface area contributed by atoms with E-state index in [4.69, 9.17) is 0 Å². The van der Waals surface area contributed by atoms with Crippen molar-refractivity contribution in [2.45, 2.75) is 68.8 Å². The van der Waals surface area contributed by atoms with Crippen LogP contribution >= 0.6 is 11.8 Å². The molecule has 166 valence electrons. The molecule has 2 aromatic rings. The zero-order valence-electron chi connectivity index (χ0n) is 18.5. The lowest BCUT2D eigenvalue weighted by atomic mass is 10.00. The van der Waals surface area contributed by atoms with E-state index in [1.807, 2.05) is 17.0 Å². The normalized spacial score (nSPS) is 20.3. The number of amides is 1. The minimum absolute atomic E-state index is 0.175. The Balaban J connectivity index is 1.27. The van der Waals surface area contributed by atoms with Gasteiger partial charge in [0, 0.05) is 43.5 Å². The fourth-order valence-electron chi connectivity index (χ4n) is 4.67. The van der Waals surface area contributed by atoms with Crippen LogP contribution in [0.2, 0.25) is 0 Å². The molecular weight excluding hydrogens is 406 g/mol. The third kappa shape index (κ3) is 4.76. The van der Waals surface area contributed by atoms with E-state index >= 15 is 0 Å². The van der Waals surface area contributed by atoms with Crippen LogP contribution in [0, 0.1) is 5.92 Å². The molecule has 7 heteroatoms. The molecule has 0 spiro atoms. The molecule has 2 saturated heterocycles. The average Bonchev–Trinajstić information content (AvgIpc) is 3.57. The van der Waals surface area contributed by atoms with E-state index in [-0.39, 0.29) is 5.91 Å². The van der Waals surface area contributed by atoms with Crippen molar-refractivity contribution in [3.05, 3.63) is 35.4 Å². The first-order valence-electron chi connectivity index (χ1n) is 11.9. The van der Waals surface area contributed by atoms with Crippen LogP contribution in [0.3, 0.4) is 0 Å². The van der Waals surface area contributed by atoms with E-state index in [0.717, 1.165) is 67.4 Å². The maximum absolute atomic E-state index is 12.9. The molecule has 31 heavy (non-hydrogen) atoms. The molecule has 0 N–H and O–H groups in total. The second-order valence-electron chi connectivity index (χ2n) is 9.40. The molecule has 1 amide bonds. The number of rotatable bonds is 6. The number of thioether (sulfide) groups is 1. The summed E-state index contributed by atoms with van der Waals surface area (Å²) in [6.07, 6.45) is 8.40. The molecule has 1 aliphatic carbocycles. The summed E-state index contributed by atoms with van der Waals surface area (Å²) in [7, 11) is 0. The van der Waals surface area contributed by atoms with Crippen LogP contribution in [0.5, 0.6) is 0 Å². The number of hydrogen-bond acceptors (Lipinski definition) is 5. The fraction of sp³-hybridized carbons (Fsp3) is 0.625. The Morgan fingerprint density at radius 2 is 1.81 bits per heavy atom. The highest BCUT2D eigenvalue weighted by Crippen LogP contribution is 2.42. The van der Waals surface area contributed by atoms with Crippen molar-refractivity contribution in [3.63, 3.8) is 0 Å². The van der Waals surface area contributed by atoms with Crippen molar-refractivity contribution in [2.75, 3.05) is 31.1 Å². The van der Waals surface area contributed by atoms with Crippen LogP contribution in [-0.4, -0.2) is 51.8 Å². The first-order chi connectivity index (χ1) is 15.2. The van der Waals surface area contributed by atoms with Gasteiger partial charge >= 0.3 is 0 Å². The third-order valence-corrected chi connectivity index (χ3v) is 7.82. The average molecular weight is 440 g/mol. The first-order valence-corrected chi connectivity index (χ1v) is 12.9. The molecule has 1 saturated carbocycles. The second kappa shape index (κ2) is 9.23. The Labute approximate surface area is 189 Å². The van der Waals surface area contributed by atoms with E-state index in [1.165, 1.54) is 37.7 Å². The van der Waals surface area contributed by atoms with Gasteiger partial charge in [-0.2, -0.15) is 0 Å². The SMILES string of the molecule is CC1CCN(c2nnc(SCc3cccc(C(=O)N4CCCCC4)c3)n2C2CC2)CC1. The quantitative estimate of drug-likeness (QED) is 0.607. The van der Waals surface area contributed by atoms with Crippen LogP contribution in [0.1, 0.15) is 73.8 Å². The Kier molecular flexibility index (Phi) is 6.21. The number of benzene rings is 1. The number of hydrogen-bond donors (Lipinski definition) is 0. The van der Waals surface area contributed by atoms with Gasteiger partial charge in [-0.3, -0.25) is 9.36 Å². The Bertz CT molecular complexity index is 910. The van der Waals surface area contributed by atoms with E-state index in [0.29, 0.717) is 6.04 Å². The molecule has 2 aliphatic heterocycles. The van der Waals surface area contributed by atoms with Crippen molar-refractivity contribution < 1.29 is 4.79 Å². The van der Waals surface area contributed by atoms with Gasteiger partial charge in [0.15, 0.2) is 5.16 Å². The maximum Gasteiger partial charge on any atom is 0.253 e. The number of likely N-dealkylation sites (tertiary alicyclic amines) is 1. The molecule has 0 radical (unpaired) electrons. The molecule has 6 nitrogen and oxygen atoms in total. The van der Waals surface area contributed by atoms with Crippen molar-refractivity contribution in [3.8, 4) is 0 Å². The van der Waals surface area contributed by atoms with Crippen molar-refractivity contribution >= 4 is 23.6 Å². The minimum atomic E-state index is 0.175. The van der Waals surface area contributed by atoms with E-state index in [2.05, 4.69) is 38.7 Å². The Morgan fingerprint density at radius 3 is 2.55 bits per heavy atom. The standard InChI is InChI=1S/C24H33N5OS/c1-18-10-14-28(15-11-18)23-25-26-24(29(23)21-8-9-21)31-17-19-6-5-7-20(16-19)22(30)27-12-3-2-4-13-27/h5-7,16,18,21H,2-4,8-15,17H2,1H3. The highest BCUT2D eigenvalue weighted by Gasteiger charge is 2.32. The predicted molar refractivity (Wildman–Crippen MR) is 125 cm³/mol. The number of carbonyl (C=O) groups is 1. The van der Waals surface area contributed by atoms with Gasteiger partial charge in [-0.25, -0.2) is 0 Å². The van der Waals surface area contributed by atoms with Crippen molar-refractivity contribution in [1.82, 2.24) is 19.7 Å². The summed E-state index contributed by atoms with van der Waals surface area (Å²) in [5.41, 5.74) is 1.98. The highest BCUT2D eigenvalue weighted by atomic mass is 32.2. The number of piperidine rings is 2. The maximum atomic E-state index is 12.9. The highest BCUT2D eigenvalue weighted by molar-refractivity contribution is 7.98. The van der Waals surface area contributed by atoms with E-state index in [1.54, 1.807) is 11.8 Å². The molecule has 3 heterocycles. The van der Waals surface area contributed by atoms with Gasteiger partial charge in [-0.1, -0.05) is 30.8 Å². The summed E-state index contributed by atoms with van der Waals surface area (Å²) in [6.45, 7) is 6.28. The van der Waals surface area contributed by atoms with Gasteiger partial charge in [0.1, 0.15) is 0 Å². The molecule has 0 atom stereocenters. The second-order valence-corrected chi connectivity index (χ2v) is 10.3. The topological polar surface area (TPSA) is 54.3 Å². The van der Waals surface area contributed by atoms with Crippen LogP contribution in [-0.2, 0) is 5.75 Å². The lowest BCUT2D eigenvalue weighted by molar-refractivity contribution is 0.0724. The number of carbonyl (C=O) groups excluding carboxylic acids is 1. The van der Waals surface area contributed by atoms with Crippen LogP contribution < -0.4 is 4.90 Å². The molecule has 1 aromatic heterocycles. The van der Waals surface area contributed by atoms with Crippen LogP contribution in [0.4, 0.5) is 5.95 Å². The Hall–Kier alpha value is -2.02. The minimum Gasteiger partial charge on any atom is -0.341 e. The van der Waals surface area contributed by atoms with Gasteiger partial charge in [-0.05, 0) is 68.6 Å². The summed E-state index contributed by atoms with van der Waals surface area (Å²) >= 11 is 1.75. The van der Waals surface area contributed by atoms with Gasteiger partial charge in [0.05, 0.1) is 0 Å². The lowest BCUT2D eigenvalue weighted by Gasteiger charge is -2.31. The fourth-order valence-corrected chi connectivity index (χ4v) is 5.61. The summed E-state index contributed by atoms with van der Waals surface area (Å²) in [4.78, 5) is 17.3. The van der Waals surface area contributed by atoms with Gasteiger partial charge in [0.2, 0.25) is 5.95 Å². The zero-order valence-corrected chi connectivity index (χ0v) is 19.3. The monoisotopic (exact) mass is 439 g/mol. The summed E-state index contributed by atoms with van der Waals surface area (Å²) in [5, 5.41) is 10.2. The van der Waals surface area contributed by atoms with Gasteiger partial charge < -0.3 is 9.80 Å². The summed E-state index contributed by atoms with van der Waals surface area (Å²) < 4.78 is 2.38. The summed E-state index contributed by atoms with van der Waals surface area (Å²) in [5.74, 6) is 2.85. The smallest absolute Gasteiger partial charge is 0.253 e. The number of nitrogens with zero attached hydrogens (tertiary/aromatic N) is 5. The summed E-state index contributed by atoms with van der Waals surface area (Å²) in [6, 6.07) is 8.70. The third-order valence-electron chi connectivity index (χ3n) is 6.81. The zero-order chi connectivity index (χ0) is 21.2. The van der Waals surface area contributed by atoms with E-state index < -0.39 is 0 Å².